The van der Waals surface area contributed by atoms with Crippen molar-refractivity contribution in [2.45, 2.75) is 6.54 Å². The fourth-order valence-electron chi connectivity index (χ4n) is 2.53. The van der Waals surface area contributed by atoms with Gasteiger partial charge in [0.25, 0.3) is 5.91 Å². The summed E-state index contributed by atoms with van der Waals surface area (Å²) < 4.78 is 1.49. The van der Waals surface area contributed by atoms with E-state index in [9.17, 15) is 9.59 Å². The number of rotatable bonds is 4. The van der Waals surface area contributed by atoms with Crippen molar-refractivity contribution in [1.29, 1.82) is 0 Å². The number of carbonyl (C=O) groups is 2. The summed E-state index contributed by atoms with van der Waals surface area (Å²) in [7, 11) is 0. The highest BCUT2D eigenvalue weighted by Crippen LogP contribution is 2.28. The highest BCUT2D eigenvalue weighted by atomic mass is 16.4. The quantitative estimate of drug-likeness (QED) is 0.673. The summed E-state index contributed by atoms with van der Waals surface area (Å²) in [5.41, 5.74) is 13.6. The van der Waals surface area contributed by atoms with E-state index in [2.05, 4.69) is 4.98 Å². The summed E-state index contributed by atoms with van der Waals surface area (Å²) in [6, 6.07) is 8.89. The number of amides is 1. The van der Waals surface area contributed by atoms with Crippen molar-refractivity contribution in [3.63, 3.8) is 0 Å². The van der Waals surface area contributed by atoms with Crippen molar-refractivity contribution in [3.05, 3.63) is 48.3 Å². The third-order valence-electron chi connectivity index (χ3n) is 3.57. The summed E-state index contributed by atoms with van der Waals surface area (Å²) in [4.78, 5) is 26.6. The van der Waals surface area contributed by atoms with Crippen LogP contribution in [-0.2, 0) is 11.3 Å². The summed E-state index contributed by atoms with van der Waals surface area (Å²) in [6.45, 7) is -0.243. The number of fused-ring (bicyclic) bond motifs is 1. The Bertz CT molecular complexity index is 913. The van der Waals surface area contributed by atoms with Gasteiger partial charge in [0.15, 0.2) is 0 Å². The van der Waals surface area contributed by atoms with Crippen molar-refractivity contribution in [3.8, 4) is 11.1 Å². The Morgan fingerprint density at radius 3 is 2.52 bits per heavy atom. The van der Waals surface area contributed by atoms with E-state index in [-0.39, 0.29) is 12.1 Å². The molecule has 3 rings (SSSR count). The lowest BCUT2D eigenvalue weighted by molar-refractivity contribution is -0.137. The molecule has 0 spiro atoms. The van der Waals surface area contributed by atoms with E-state index in [1.54, 1.807) is 24.4 Å². The average Bonchev–Trinajstić information content (AvgIpc) is 2.85. The Labute approximate surface area is 131 Å². The Kier molecular flexibility index (Phi) is 3.46. The molecule has 23 heavy (non-hydrogen) atoms. The van der Waals surface area contributed by atoms with Gasteiger partial charge in [0.2, 0.25) is 0 Å². The number of anilines is 1. The van der Waals surface area contributed by atoms with E-state index in [1.165, 1.54) is 10.8 Å². The molecule has 116 valence electrons. The van der Waals surface area contributed by atoms with Gasteiger partial charge in [0.05, 0.1) is 5.56 Å². The van der Waals surface area contributed by atoms with Gasteiger partial charge >= 0.3 is 5.97 Å². The van der Waals surface area contributed by atoms with Gasteiger partial charge in [-0.2, -0.15) is 0 Å². The molecule has 1 amide bonds. The lowest BCUT2D eigenvalue weighted by Crippen LogP contribution is -2.11. The van der Waals surface area contributed by atoms with Crippen LogP contribution in [0.5, 0.6) is 0 Å². The molecule has 2 heterocycles. The van der Waals surface area contributed by atoms with Crippen LogP contribution >= 0.6 is 0 Å². The number of nitrogen functional groups attached to an aromatic ring is 1. The fraction of sp³-hybridized carbons (Fsp3) is 0.0625. The van der Waals surface area contributed by atoms with Crippen molar-refractivity contribution in [2.75, 3.05) is 5.73 Å². The van der Waals surface area contributed by atoms with Crippen LogP contribution < -0.4 is 11.5 Å². The zero-order valence-corrected chi connectivity index (χ0v) is 12.1. The second-order valence-corrected chi connectivity index (χ2v) is 5.13. The third-order valence-corrected chi connectivity index (χ3v) is 3.57. The van der Waals surface area contributed by atoms with E-state index in [0.29, 0.717) is 16.7 Å². The van der Waals surface area contributed by atoms with Crippen molar-refractivity contribution >= 4 is 28.6 Å². The molecule has 0 radical (unpaired) electrons. The normalized spacial score (nSPS) is 10.8. The first kappa shape index (κ1) is 14.6. The molecular formula is C16H14N4O3. The highest BCUT2D eigenvalue weighted by Gasteiger charge is 2.15. The van der Waals surface area contributed by atoms with Crippen LogP contribution in [0.4, 0.5) is 5.82 Å². The Hall–Kier alpha value is -3.35. The number of hydrogen-bond donors (Lipinski definition) is 3. The summed E-state index contributed by atoms with van der Waals surface area (Å²) in [5, 5.41) is 9.58. The molecule has 1 aromatic carbocycles. The number of carboxylic acid groups (broad SMARTS) is 1. The summed E-state index contributed by atoms with van der Waals surface area (Å²) in [5.74, 6) is -1.18. The lowest BCUT2D eigenvalue weighted by Gasteiger charge is -2.05. The lowest BCUT2D eigenvalue weighted by atomic mass is 10.0. The zero-order valence-electron chi connectivity index (χ0n) is 12.1. The first-order valence-electron chi connectivity index (χ1n) is 6.82. The fourth-order valence-corrected chi connectivity index (χ4v) is 2.53. The molecular weight excluding hydrogens is 296 g/mol. The molecule has 0 fully saturated rings. The molecule has 0 aliphatic rings. The maximum Gasteiger partial charge on any atom is 0.323 e. The summed E-state index contributed by atoms with van der Waals surface area (Å²) >= 11 is 0. The number of carboxylic acids is 1. The average molecular weight is 310 g/mol. The standard InChI is InChI=1S/C16H14N4O3/c17-14-4-2-10(6-19-14)9-1-3-13-11(5-9)12(16(18)23)7-20(13)8-15(21)22/h1-7H,8H2,(H2,17,19)(H2,18,23)(H,21,22). The maximum atomic E-state index is 11.6. The van der Waals surface area contributed by atoms with Gasteiger partial charge in [-0.05, 0) is 29.8 Å². The van der Waals surface area contributed by atoms with Crippen molar-refractivity contribution in [1.82, 2.24) is 9.55 Å². The van der Waals surface area contributed by atoms with Crippen LogP contribution in [0.2, 0.25) is 0 Å². The number of nitrogens with zero attached hydrogens (tertiary/aromatic N) is 2. The third kappa shape index (κ3) is 2.71. The van der Waals surface area contributed by atoms with E-state index in [1.807, 2.05) is 12.1 Å². The minimum atomic E-state index is -0.996. The number of hydrogen-bond acceptors (Lipinski definition) is 4. The molecule has 0 saturated heterocycles. The molecule has 0 bridgehead atoms. The molecule has 5 N–H and O–H groups in total. The largest absolute Gasteiger partial charge is 0.480 e. The molecule has 0 atom stereocenters. The number of primary amides is 1. The van der Waals surface area contributed by atoms with Crippen LogP contribution in [0.1, 0.15) is 10.4 Å². The van der Waals surface area contributed by atoms with E-state index in [4.69, 9.17) is 16.6 Å². The van der Waals surface area contributed by atoms with Crippen LogP contribution in [0, 0.1) is 0 Å². The second-order valence-electron chi connectivity index (χ2n) is 5.13. The van der Waals surface area contributed by atoms with Crippen LogP contribution in [0.15, 0.2) is 42.7 Å². The smallest absolute Gasteiger partial charge is 0.323 e. The van der Waals surface area contributed by atoms with Crippen molar-refractivity contribution in [2.24, 2.45) is 5.73 Å². The Morgan fingerprint density at radius 1 is 1.17 bits per heavy atom. The molecule has 2 aromatic heterocycles. The molecule has 0 unspecified atom stereocenters. The Balaban J connectivity index is 2.18. The molecule has 0 saturated carbocycles. The van der Waals surface area contributed by atoms with Crippen molar-refractivity contribution < 1.29 is 14.7 Å². The van der Waals surface area contributed by atoms with Gasteiger partial charge in [-0.25, -0.2) is 4.98 Å². The van der Waals surface area contributed by atoms with Crippen LogP contribution in [0.25, 0.3) is 22.0 Å². The minimum Gasteiger partial charge on any atom is -0.480 e. The van der Waals surface area contributed by atoms with Crippen LogP contribution in [0.3, 0.4) is 0 Å². The van der Waals surface area contributed by atoms with Gasteiger partial charge < -0.3 is 21.1 Å². The molecule has 7 heteroatoms. The first-order valence-corrected chi connectivity index (χ1v) is 6.82. The predicted molar refractivity (Wildman–Crippen MR) is 85.7 cm³/mol. The van der Waals surface area contributed by atoms with Gasteiger partial charge in [0.1, 0.15) is 12.4 Å². The molecule has 7 nitrogen and oxygen atoms in total. The molecule has 0 aliphatic carbocycles. The monoisotopic (exact) mass is 310 g/mol. The maximum absolute atomic E-state index is 11.6. The van der Waals surface area contributed by atoms with Gasteiger partial charge in [-0.1, -0.05) is 6.07 Å². The molecule has 3 aromatic rings. The van der Waals surface area contributed by atoms with E-state index in [0.717, 1.165) is 11.1 Å². The number of aromatic nitrogens is 2. The molecule has 0 aliphatic heterocycles. The van der Waals surface area contributed by atoms with Gasteiger partial charge in [-0.3, -0.25) is 9.59 Å². The number of nitrogens with two attached hydrogens (primary N) is 2. The van der Waals surface area contributed by atoms with E-state index >= 15 is 0 Å². The minimum absolute atomic E-state index is 0.243. The second kappa shape index (κ2) is 5.45. The van der Waals surface area contributed by atoms with Crippen LogP contribution in [-0.4, -0.2) is 26.5 Å². The zero-order chi connectivity index (χ0) is 16.6. The first-order chi connectivity index (χ1) is 11.0. The highest BCUT2D eigenvalue weighted by molar-refractivity contribution is 6.07. The van der Waals surface area contributed by atoms with Gasteiger partial charge in [0, 0.05) is 28.9 Å². The predicted octanol–water partition coefficient (Wildman–Crippen LogP) is 1.47. The van der Waals surface area contributed by atoms with Gasteiger partial charge in [-0.15, -0.1) is 0 Å². The topological polar surface area (TPSA) is 124 Å². The van der Waals surface area contributed by atoms with E-state index < -0.39 is 11.9 Å². The number of carbonyl (C=O) groups excluding carboxylic acids is 1. The SMILES string of the molecule is NC(=O)c1cn(CC(=O)O)c2ccc(-c3ccc(N)nc3)cc12. The number of aliphatic carboxylic acids is 1. The number of benzene rings is 1. The Morgan fingerprint density at radius 2 is 1.91 bits per heavy atom. The number of pyridine rings is 1. The summed E-state index contributed by atoms with van der Waals surface area (Å²) in [6.07, 6.45) is 3.10.